The van der Waals surface area contributed by atoms with Crippen LogP contribution in [0.5, 0.6) is 5.75 Å². The largest absolute Gasteiger partial charge is 0.433 e. The van der Waals surface area contributed by atoms with Gasteiger partial charge in [-0.25, -0.2) is 0 Å². The van der Waals surface area contributed by atoms with Gasteiger partial charge in [-0.1, -0.05) is 18.6 Å². The molecule has 18 heavy (non-hydrogen) atoms. The maximum absolute atomic E-state index is 12.2. The van der Waals surface area contributed by atoms with E-state index in [-0.39, 0.29) is 5.75 Å². The van der Waals surface area contributed by atoms with E-state index in [1.54, 1.807) is 24.3 Å². The molecule has 0 saturated carbocycles. The summed E-state index contributed by atoms with van der Waals surface area (Å²) in [5.74, 6) is 0.198. The monoisotopic (exact) mass is 256 g/mol. The second-order valence-electron chi connectivity index (χ2n) is 4.40. The van der Waals surface area contributed by atoms with Gasteiger partial charge in [-0.2, -0.15) is 8.78 Å². The van der Waals surface area contributed by atoms with Crippen molar-refractivity contribution in [2.45, 2.75) is 31.9 Å². The Labute approximate surface area is 106 Å². The molecule has 2 rings (SSSR count). The highest BCUT2D eigenvalue weighted by molar-refractivity contribution is 5.56. The van der Waals surface area contributed by atoms with E-state index >= 15 is 0 Å². The molecule has 1 aromatic carbocycles. The minimum absolute atomic E-state index is 0.198. The molecule has 0 bridgehead atoms. The van der Waals surface area contributed by atoms with E-state index in [1.807, 2.05) is 0 Å². The summed E-state index contributed by atoms with van der Waals surface area (Å²) in [5, 5.41) is 6.57. The van der Waals surface area contributed by atoms with Crippen molar-refractivity contribution in [3.8, 4) is 5.75 Å². The van der Waals surface area contributed by atoms with Gasteiger partial charge in [0.15, 0.2) is 0 Å². The number of hydrogen-bond acceptors (Lipinski definition) is 3. The Balaban J connectivity index is 1.91. The summed E-state index contributed by atoms with van der Waals surface area (Å²) in [6.45, 7) is -1.04. The summed E-state index contributed by atoms with van der Waals surface area (Å²) in [6.07, 6.45) is 3.54. The van der Waals surface area contributed by atoms with E-state index in [0.29, 0.717) is 11.7 Å². The lowest BCUT2D eigenvalue weighted by molar-refractivity contribution is -0.0493. The average Bonchev–Trinajstić information content (AvgIpc) is 2.38. The minimum atomic E-state index is -2.79. The minimum Gasteiger partial charge on any atom is -0.433 e. The summed E-state index contributed by atoms with van der Waals surface area (Å²) in [4.78, 5) is 0. The third-order valence-electron chi connectivity index (χ3n) is 3.05. The number of nitrogens with one attached hydrogen (secondary N) is 2. The fourth-order valence-electron chi connectivity index (χ4n) is 2.14. The highest BCUT2D eigenvalue weighted by Gasteiger charge is 2.13. The van der Waals surface area contributed by atoms with Crippen molar-refractivity contribution >= 4 is 5.69 Å². The molecular weight excluding hydrogens is 238 g/mol. The van der Waals surface area contributed by atoms with E-state index < -0.39 is 6.61 Å². The Morgan fingerprint density at radius 2 is 2.17 bits per heavy atom. The van der Waals surface area contributed by atoms with Crippen LogP contribution in [-0.2, 0) is 0 Å². The van der Waals surface area contributed by atoms with Crippen LogP contribution in [0, 0.1) is 0 Å². The Hall–Kier alpha value is -1.36. The number of piperidine rings is 1. The summed E-state index contributed by atoms with van der Waals surface area (Å²) >= 11 is 0. The van der Waals surface area contributed by atoms with Crippen LogP contribution in [0.4, 0.5) is 14.5 Å². The fourth-order valence-corrected chi connectivity index (χ4v) is 2.14. The first kappa shape index (κ1) is 13.1. The van der Waals surface area contributed by atoms with Gasteiger partial charge in [-0.15, -0.1) is 0 Å². The van der Waals surface area contributed by atoms with Gasteiger partial charge in [-0.3, -0.25) is 0 Å². The van der Waals surface area contributed by atoms with Gasteiger partial charge in [0.25, 0.3) is 0 Å². The van der Waals surface area contributed by atoms with Crippen LogP contribution in [0.25, 0.3) is 0 Å². The van der Waals surface area contributed by atoms with Crippen molar-refractivity contribution in [2.24, 2.45) is 0 Å². The van der Waals surface area contributed by atoms with Crippen LogP contribution >= 0.6 is 0 Å². The van der Waals surface area contributed by atoms with Crippen molar-refractivity contribution in [1.82, 2.24) is 5.32 Å². The first-order valence-corrected chi connectivity index (χ1v) is 6.27. The molecule has 1 saturated heterocycles. The third kappa shape index (κ3) is 3.84. The molecular formula is C13H18F2N2O. The Morgan fingerprint density at radius 1 is 1.33 bits per heavy atom. The number of anilines is 1. The van der Waals surface area contributed by atoms with Gasteiger partial charge in [0.1, 0.15) is 5.75 Å². The highest BCUT2D eigenvalue weighted by Crippen LogP contribution is 2.25. The maximum atomic E-state index is 12.2. The Morgan fingerprint density at radius 3 is 2.89 bits per heavy atom. The molecule has 0 aromatic heterocycles. The van der Waals surface area contributed by atoms with Gasteiger partial charge in [0, 0.05) is 12.6 Å². The van der Waals surface area contributed by atoms with E-state index in [0.717, 1.165) is 19.5 Å². The molecule has 1 fully saturated rings. The zero-order chi connectivity index (χ0) is 12.8. The first-order chi connectivity index (χ1) is 8.75. The lowest BCUT2D eigenvalue weighted by Gasteiger charge is -2.24. The quantitative estimate of drug-likeness (QED) is 0.850. The zero-order valence-electron chi connectivity index (χ0n) is 10.2. The van der Waals surface area contributed by atoms with E-state index in [9.17, 15) is 8.78 Å². The van der Waals surface area contributed by atoms with Crippen molar-refractivity contribution in [3.05, 3.63) is 24.3 Å². The van der Waals surface area contributed by atoms with Gasteiger partial charge in [-0.05, 0) is 31.5 Å². The molecule has 1 heterocycles. The van der Waals surface area contributed by atoms with Gasteiger partial charge < -0.3 is 15.4 Å². The number of ether oxygens (including phenoxy) is 1. The van der Waals surface area contributed by atoms with Crippen LogP contribution in [0.1, 0.15) is 19.3 Å². The molecule has 1 aromatic rings. The summed E-state index contributed by atoms with van der Waals surface area (Å²) < 4.78 is 28.9. The van der Waals surface area contributed by atoms with Crippen molar-refractivity contribution in [1.29, 1.82) is 0 Å². The lowest BCUT2D eigenvalue weighted by Crippen LogP contribution is -2.39. The van der Waals surface area contributed by atoms with E-state index in [2.05, 4.69) is 15.4 Å². The molecule has 0 spiro atoms. The van der Waals surface area contributed by atoms with Crippen molar-refractivity contribution in [2.75, 3.05) is 18.4 Å². The molecule has 100 valence electrons. The number of para-hydroxylation sites is 2. The SMILES string of the molecule is FC(F)Oc1ccccc1NCC1CCCCN1. The zero-order valence-corrected chi connectivity index (χ0v) is 10.2. The number of rotatable bonds is 5. The standard InChI is InChI=1S/C13H18F2N2O/c14-13(15)18-12-7-2-1-6-11(12)17-9-10-5-3-4-8-16-10/h1-2,6-7,10,13,16-17H,3-5,8-9H2. The normalized spacial score (nSPS) is 19.8. The van der Waals surface area contributed by atoms with E-state index in [4.69, 9.17) is 0 Å². The predicted molar refractivity (Wildman–Crippen MR) is 67.2 cm³/mol. The van der Waals surface area contributed by atoms with Gasteiger partial charge >= 0.3 is 6.61 Å². The maximum Gasteiger partial charge on any atom is 0.387 e. The molecule has 1 atom stereocenters. The molecule has 0 aliphatic carbocycles. The topological polar surface area (TPSA) is 33.3 Å². The van der Waals surface area contributed by atoms with Crippen molar-refractivity contribution < 1.29 is 13.5 Å². The Bertz CT molecular complexity index is 368. The molecule has 0 amide bonds. The average molecular weight is 256 g/mol. The number of alkyl halides is 2. The van der Waals surface area contributed by atoms with E-state index in [1.165, 1.54) is 12.8 Å². The lowest BCUT2D eigenvalue weighted by atomic mass is 10.1. The molecule has 0 radical (unpaired) electrons. The molecule has 5 heteroatoms. The van der Waals surface area contributed by atoms with Crippen molar-refractivity contribution in [3.63, 3.8) is 0 Å². The van der Waals surface area contributed by atoms with Gasteiger partial charge in [0.05, 0.1) is 5.69 Å². The predicted octanol–water partition coefficient (Wildman–Crippen LogP) is 2.84. The molecule has 1 aliphatic heterocycles. The molecule has 2 N–H and O–H groups in total. The highest BCUT2D eigenvalue weighted by atomic mass is 19.3. The second kappa shape index (κ2) is 6.54. The Kier molecular flexibility index (Phi) is 4.75. The second-order valence-corrected chi connectivity index (χ2v) is 4.40. The summed E-state index contributed by atoms with van der Waals surface area (Å²) in [5.41, 5.74) is 0.616. The van der Waals surface area contributed by atoms with Crippen LogP contribution in [0.15, 0.2) is 24.3 Å². The number of halogens is 2. The van der Waals surface area contributed by atoms with Crippen LogP contribution in [0.2, 0.25) is 0 Å². The van der Waals surface area contributed by atoms with Crippen LogP contribution in [-0.4, -0.2) is 25.7 Å². The first-order valence-electron chi connectivity index (χ1n) is 6.27. The molecule has 1 unspecified atom stereocenters. The molecule has 1 aliphatic rings. The molecule has 3 nitrogen and oxygen atoms in total. The summed E-state index contributed by atoms with van der Waals surface area (Å²) in [6, 6.07) is 7.18. The third-order valence-corrected chi connectivity index (χ3v) is 3.05. The fraction of sp³-hybridized carbons (Fsp3) is 0.538. The summed E-state index contributed by atoms with van der Waals surface area (Å²) in [7, 11) is 0. The number of hydrogen-bond donors (Lipinski definition) is 2. The van der Waals surface area contributed by atoms with Crippen LogP contribution < -0.4 is 15.4 Å². The number of benzene rings is 1. The van der Waals surface area contributed by atoms with Gasteiger partial charge in [0.2, 0.25) is 0 Å². The smallest absolute Gasteiger partial charge is 0.387 e. The van der Waals surface area contributed by atoms with Crippen LogP contribution in [0.3, 0.4) is 0 Å².